The predicted octanol–water partition coefficient (Wildman–Crippen LogP) is 4.96. The maximum absolute atomic E-state index is 14.0. The molecule has 0 amide bonds. The minimum absolute atomic E-state index is 0.0378. The topological polar surface area (TPSA) is 26.0 Å². The first kappa shape index (κ1) is 15.8. The van der Waals surface area contributed by atoms with E-state index in [-0.39, 0.29) is 11.2 Å². The molecule has 0 saturated heterocycles. The van der Waals surface area contributed by atoms with Gasteiger partial charge in [0.25, 0.3) is 0 Å². The average Bonchev–Trinajstić information content (AvgIpc) is 2.45. The van der Waals surface area contributed by atoms with Crippen LogP contribution in [0.1, 0.15) is 51.0 Å². The highest BCUT2D eigenvalue weighted by molar-refractivity contribution is 6.31. The van der Waals surface area contributed by atoms with Crippen LogP contribution in [0.25, 0.3) is 0 Å². The van der Waals surface area contributed by atoms with Crippen LogP contribution in [0.3, 0.4) is 0 Å². The number of nitrogens with two attached hydrogens (primary N) is 1. The van der Waals surface area contributed by atoms with Crippen LogP contribution in [0.5, 0.6) is 0 Å². The van der Waals surface area contributed by atoms with Crippen molar-refractivity contribution < 1.29 is 4.39 Å². The molecule has 1 aliphatic carbocycles. The second kappa shape index (κ2) is 6.91. The van der Waals surface area contributed by atoms with Crippen molar-refractivity contribution in [3.05, 3.63) is 34.6 Å². The zero-order valence-electron chi connectivity index (χ0n) is 12.3. The van der Waals surface area contributed by atoms with E-state index in [0.29, 0.717) is 23.6 Å². The summed E-state index contributed by atoms with van der Waals surface area (Å²) in [7, 11) is 0. The summed E-state index contributed by atoms with van der Waals surface area (Å²) < 4.78 is 14.0. The smallest absolute Gasteiger partial charge is 0.127 e. The van der Waals surface area contributed by atoms with E-state index in [1.165, 1.54) is 31.7 Å². The molecule has 0 spiro atoms. The number of hydrogen-bond acceptors (Lipinski definition) is 1. The third kappa shape index (κ3) is 3.53. The van der Waals surface area contributed by atoms with E-state index in [0.717, 1.165) is 18.8 Å². The predicted molar refractivity (Wildman–Crippen MR) is 83.5 cm³/mol. The monoisotopic (exact) mass is 297 g/mol. The van der Waals surface area contributed by atoms with Gasteiger partial charge < -0.3 is 5.73 Å². The lowest BCUT2D eigenvalue weighted by Gasteiger charge is -2.40. The van der Waals surface area contributed by atoms with Crippen LogP contribution in [0.2, 0.25) is 5.02 Å². The summed E-state index contributed by atoms with van der Waals surface area (Å²) in [4.78, 5) is 0. The van der Waals surface area contributed by atoms with E-state index in [9.17, 15) is 4.39 Å². The summed E-state index contributed by atoms with van der Waals surface area (Å²) in [6.07, 6.45) is 7.86. The van der Waals surface area contributed by atoms with E-state index < -0.39 is 0 Å². The van der Waals surface area contributed by atoms with E-state index in [1.54, 1.807) is 12.1 Å². The molecule has 0 radical (unpaired) electrons. The maximum Gasteiger partial charge on any atom is 0.127 e. The first-order chi connectivity index (χ1) is 9.60. The van der Waals surface area contributed by atoms with Crippen LogP contribution < -0.4 is 5.73 Å². The lowest BCUT2D eigenvalue weighted by Crippen LogP contribution is -2.37. The SMILES string of the molecule is CCCC1CCC(CN)(Cc2c(F)cccc2Cl)CC1. The molecular formula is C17H25ClFN. The summed E-state index contributed by atoms with van der Waals surface area (Å²) >= 11 is 6.17. The Kier molecular flexibility index (Phi) is 5.45. The van der Waals surface area contributed by atoms with Gasteiger partial charge in [-0.15, -0.1) is 0 Å². The van der Waals surface area contributed by atoms with Gasteiger partial charge in [-0.05, 0) is 62.1 Å². The number of benzene rings is 1. The fraction of sp³-hybridized carbons (Fsp3) is 0.647. The van der Waals surface area contributed by atoms with Crippen molar-refractivity contribution in [3.8, 4) is 0 Å². The zero-order valence-corrected chi connectivity index (χ0v) is 13.1. The zero-order chi connectivity index (χ0) is 14.6. The van der Waals surface area contributed by atoms with Crippen molar-refractivity contribution in [1.82, 2.24) is 0 Å². The van der Waals surface area contributed by atoms with Gasteiger partial charge in [-0.2, -0.15) is 0 Å². The Bertz CT molecular complexity index is 418. The molecule has 0 heterocycles. The quantitative estimate of drug-likeness (QED) is 0.817. The van der Waals surface area contributed by atoms with Gasteiger partial charge in [-0.1, -0.05) is 37.4 Å². The van der Waals surface area contributed by atoms with Crippen molar-refractivity contribution in [3.63, 3.8) is 0 Å². The highest BCUT2D eigenvalue weighted by Crippen LogP contribution is 2.43. The van der Waals surface area contributed by atoms with Gasteiger partial charge in [0.05, 0.1) is 0 Å². The molecule has 0 atom stereocenters. The van der Waals surface area contributed by atoms with Gasteiger partial charge in [0.15, 0.2) is 0 Å². The molecule has 1 nitrogen and oxygen atoms in total. The van der Waals surface area contributed by atoms with Crippen LogP contribution in [0.4, 0.5) is 4.39 Å². The minimum Gasteiger partial charge on any atom is -0.330 e. The van der Waals surface area contributed by atoms with Crippen LogP contribution in [0.15, 0.2) is 18.2 Å². The molecule has 0 unspecified atom stereocenters. The van der Waals surface area contributed by atoms with E-state index in [4.69, 9.17) is 17.3 Å². The average molecular weight is 298 g/mol. The van der Waals surface area contributed by atoms with Gasteiger partial charge in [0.1, 0.15) is 5.82 Å². The van der Waals surface area contributed by atoms with Gasteiger partial charge in [-0.25, -0.2) is 4.39 Å². The number of hydrogen-bond donors (Lipinski definition) is 1. The minimum atomic E-state index is -0.194. The molecule has 1 aliphatic rings. The van der Waals surface area contributed by atoms with Crippen molar-refractivity contribution >= 4 is 11.6 Å². The summed E-state index contributed by atoms with van der Waals surface area (Å²) in [6, 6.07) is 4.93. The van der Waals surface area contributed by atoms with Gasteiger partial charge >= 0.3 is 0 Å². The van der Waals surface area contributed by atoms with Crippen molar-refractivity contribution in [2.45, 2.75) is 51.9 Å². The second-order valence-electron chi connectivity index (χ2n) is 6.31. The molecule has 20 heavy (non-hydrogen) atoms. The largest absolute Gasteiger partial charge is 0.330 e. The molecule has 0 aromatic heterocycles. The lowest BCUT2D eigenvalue weighted by atomic mass is 9.67. The summed E-state index contributed by atoms with van der Waals surface area (Å²) in [6.45, 7) is 2.86. The Balaban J connectivity index is 2.10. The van der Waals surface area contributed by atoms with Gasteiger partial charge in [0, 0.05) is 10.6 Å². The molecule has 1 aromatic rings. The Hall–Kier alpha value is -0.600. The molecule has 0 bridgehead atoms. The normalized spacial score (nSPS) is 26.7. The molecule has 1 saturated carbocycles. The maximum atomic E-state index is 14.0. The summed E-state index contributed by atoms with van der Waals surface area (Å²) in [5.74, 6) is 0.636. The molecule has 3 heteroatoms. The molecular weight excluding hydrogens is 273 g/mol. The third-order valence-corrected chi connectivity index (χ3v) is 5.26. The summed E-state index contributed by atoms with van der Waals surface area (Å²) in [5.41, 5.74) is 6.72. The Morgan fingerprint density at radius 1 is 1.35 bits per heavy atom. The number of halogens is 2. The highest BCUT2D eigenvalue weighted by atomic mass is 35.5. The lowest BCUT2D eigenvalue weighted by molar-refractivity contribution is 0.149. The Labute approximate surface area is 126 Å². The molecule has 2 N–H and O–H groups in total. The third-order valence-electron chi connectivity index (χ3n) is 4.91. The first-order valence-corrected chi connectivity index (χ1v) is 8.11. The van der Waals surface area contributed by atoms with Crippen LogP contribution in [-0.4, -0.2) is 6.54 Å². The molecule has 112 valence electrons. The van der Waals surface area contributed by atoms with E-state index in [1.807, 2.05) is 0 Å². The van der Waals surface area contributed by atoms with E-state index >= 15 is 0 Å². The highest BCUT2D eigenvalue weighted by Gasteiger charge is 2.35. The summed E-state index contributed by atoms with van der Waals surface area (Å²) in [5, 5.41) is 0.536. The standard InChI is InChI=1S/C17H25ClFN/c1-2-4-13-7-9-17(12-20,10-8-13)11-14-15(18)5-3-6-16(14)19/h3,5-6,13H,2,4,7-12,20H2,1H3. The number of rotatable bonds is 5. The van der Waals surface area contributed by atoms with Crippen LogP contribution >= 0.6 is 11.6 Å². The van der Waals surface area contributed by atoms with Crippen LogP contribution in [-0.2, 0) is 6.42 Å². The molecule has 0 aliphatic heterocycles. The van der Waals surface area contributed by atoms with Crippen molar-refractivity contribution in [1.29, 1.82) is 0 Å². The molecule has 1 aromatic carbocycles. The fourth-order valence-corrected chi connectivity index (χ4v) is 3.75. The Morgan fingerprint density at radius 3 is 2.60 bits per heavy atom. The molecule has 1 fully saturated rings. The second-order valence-corrected chi connectivity index (χ2v) is 6.72. The fourth-order valence-electron chi connectivity index (χ4n) is 3.52. The van der Waals surface area contributed by atoms with E-state index in [2.05, 4.69) is 6.92 Å². The first-order valence-electron chi connectivity index (χ1n) is 7.73. The van der Waals surface area contributed by atoms with Crippen LogP contribution in [0, 0.1) is 17.2 Å². The van der Waals surface area contributed by atoms with Crippen molar-refractivity contribution in [2.24, 2.45) is 17.1 Å². The van der Waals surface area contributed by atoms with Crippen molar-refractivity contribution in [2.75, 3.05) is 6.54 Å². The molecule has 2 rings (SSSR count). The van der Waals surface area contributed by atoms with Gasteiger partial charge in [0.2, 0.25) is 0 Å². The van der Waals surface area contributed by atoms with Gasteiger partial charge in [-0.3, -0.25) is 0 Å². The Morgan fingerprint density at radius 2 is 2.05 bits per heavy atom.